The second-order valence-corrected chi connectivity index (χ2v) is 9.99. The van der Waals surface area contributed by atoms with Crippen LogP contribution in [-0.4, -0.2) is 23.6 Å². The summed E-state index contributed by atoms with van der Waals surface area (Å²) in [6, 6.07) is 3.62. The molecule has 0 aliphatic heterocycles. The van der Waals surface area contributed by atoms with Gasteiger partial charge in [-0.1, -0.05) is 70.1 Å². The number of nitriles is 2. The predicted molar refractivity (Wildman–Crippen MR) is 126 cm³/mol. The molecule has 0 radical (unpaired) electrons. The molecule has 31 heavy (non-hydrogen) atoms. The van der Waals surface area contributed by atoms with Crippen LogP contribution in [0.3, 0.4) is 0 Å². The minimum Gasteiger partial charge on any atom is -0.294 e. The largest absolute Gasteiger partial charge is 0.294 e. The molecule has 8 heteroatoms. The van der Waals surface area contributed by atoms with Gasteiger partial charge in [-0.2, -0.15) is 10.5 Å². The third-order valence-corrected chi connectivity index (χ3v) is 8.17. The number of nitrogen functional groups attached to an aromatic ring is 1. The second kappa shape index (κ2) is 14.9. The van der Waals surface area contributed by atoms with E-state index in [4.69, 9.17) is 15.7 Å². The molecule has 0 fully saturated rings. The zero-order valence-electron chi connectivity index (χ0n) is 18.5. The number of carbonyl (C=O) groups is 3. The van der Waals surface area contributed by atoms with E-state index in [1.54, 1.807) is 12.3 Å². The molecule has 1 aromatic heterocycles. The lowest BCUT2D eigenvalue weighted by atomic mass is 9.96. The van der Waals surface area contributed by atoms with Crippen LogP contribution in [0, 0.1) is 22.7 Å². The quantitative estimate of drug-likeness (QED) is 0.135. The summed E-state index contributed by atoms with van der Waals surface area (Å²) in [5.41, 5.74) is 0.164. The summed E-state index contributed by atoms with van der Waals surface area (Å²) < 4.78 is 0.456. The van der Waals surface area contributed by atoms with Crippen molar-refractivity contribution in [1.29, 1.82) is 10.5 Å². The van der Waals surface area contributed by atoms with Crippen LogP contribution in [0.2, 0.25) is 0 Å². The van der Waals surface area contributed by atoms with Crippen molar-refractivity contribution in [3.05, 3.63) is 16.0 Å². The van der Waals surface area contributed by atoms with E-state index < -0.39 is 28.6 Å². The van der Waals surface area contributed by atoms with Gasteiger partial charge in [-0.25, -0.2) is 0 Å². The van der Waals surface area contributed by atoms with E-state index in [1.165, 1.54) is 43.9 Å². The highest BCUT2D eigenvalue weighted by atomic mass is 32.2. The molecule has 1 unspecified atom stereocenters. The summed E-state index contributed by atoms with van der Waals surface area (Å²) in [5, 5.41) is 24.1. The smallest absolute Gasteiger partial charge is 0.251 e. The Kier molecular flexibility index (Phi) is 13.0. The van der Waals surface area contributed by atoms with Crippen LogP contribution in [0.5, 0.6) is 0 Å². The molecule has 0 aliphatic rings. The van der Waals surface area contributed by atoms with Crippen molar-refractivity contribution in [2.24, 2.45) is 0 Å². The Hall–Kier alpha value is -2.00. The number of hydrogen-bond donors (Lipinski definition) is 1. The van der Waals surface area contributed by atoms with Crippen molar-refractivity contribution < 1.29 is 14.4 Å². The Morgan fingerprint density at radius 1 is 0.839 bits per heavy atom. The molecule has 0 saturated heterocycles. The fourth-order valence-electron chi connectivity index (χ4n) is 3.53. The number of thiophene rings is 1. The number of rotatable bonds is 16. The summed E-state index contributed by atoms with van der Waals surface area (Å²) in [6.45, 7) is 2.19. The number of nitrogens with zero attached hydrogens (tertiary/aromatic N) is 2. The van der Waals surface area contributed by atoms with E-state index in [-0.39, 0.29) is 34.6 Å². The number of hydrogen-bond acceptors (Lipinski definition) is 7. The Balaban J connectivity index is 2.96. The Labute approximate surface area is 192 Å². The van der Waals surface area contributed by atoms with Gasteiger partial charge in [0.05, 0.1) is 29.2 Å². The van der Waals surface area contributed by atoms with Crippen LogP contribution >= 0.6 is 22.4 Å². The maximum atomic E-state index is 13.1. The number of nitrogens with two attached hydrogens (primary N) is 1. The molecule has 1 aromatic rings. The first-order chi connectivity index (χ1) is 14.9. The lowest BCUT2D eigenvalue weighted by Gasteiger charge is -2.04. The Morgan fingerprint density at radius 3 is 1.87 bits per heavy atom. The highest BCUT2D eigenvalue weighted by Gasteiger charge is 2.40. The molecule has 1 rings (SSSR count). The normalized spacial score (nSPS) is 11.1. The highest BCUT2D eigenvalue weighted by molar-refractivity contribution is 8.01. The monoisotopic (exact) mass is 462 g/mol. The van der Waals surface area contributed by atoms with Gasteiger partial charge in [-0.05, 0) is 12.7 Å². The number of carbonyl (C=O) groups excluding carboxylic acids is 3. The van der Waals surface area contributed by atoms with E-state index >= 15 is 0 Å². The molecule has 0 amide bonds. The summed E-state index contributed by atoms with van der Waals surface area (Å²) in [5.74, 6) is -1.31. The van der Waals surface area contributed by atoms with Gasteiger partial charge in [-0.3, -0.25) is 14.4 Å². The zero-order valence-corrected chi connectivity index (χ0v) is 20.1. The summed E-state index contributed by atoms with van der Waals surface area (Å²) in [4.78, 5) is 38.3. The highest BCUT2D eigenvalue weighted by Crippen LogP contribution is 2.42. The van der Waals surface area contributed by atoms with Crippen molar-refractivity contribution in [3.8, 4) is 12.1 Å². The number of thioether (sulfide) groups is 1. The molecule has 0 bridgehead atoms. The Bertz CT molecular complexity index is 863. The lowest BCUT2D eigenvalue weighted by Crippen LogP contribution is -2.12. The molecule has 0 saturated carbocycles. The van der Waals surface area contributed by atoms with Crippen molar-refractivity contribution >= 4 is 39.8 Å². The molecule has 1 atom stereocenters. The van der Waals surface area contributed by atoms with E-state index in [2.05, 4.69) is 6.92 Å². The third-order valence-electron chi connectivity index (χ3n) is 5.08. The average molecular weight is 463 g/mol. The molecule has 0 spiro atoms. The number of ketones is 3. The van der Waals surface area contributed by atoms with Gasteiger partial charge in [0.15, 0.2) is 11.6 Å². The zero-order chi connectivity index (χ0) is 23.2. The molecule has 0 aromatic carbocycles. The van der Waals surface area contributed by atoms with Gasteiger partial charge >= 0.3 is 0 Å². The number of Topliss-reactive ketones (excluding diaryl/α,β-unsaturated/α-hetero) is 3. The van der Waals surface area contributed by atoms with Crippen LogP contribution in [0.25, 0.3) is 0 Å². The van der Waals surface area contributed by atoms with E-state index in [1.807, 2.05) is 6.07 Å². The molecule has 1 heterocycles. The molecule has 2 N–H and O–H groups in total. The molecule has 168 valence electrons. The first-order valence-corrected chi connectivity index (χ1v) is 13.3. The van der Waals surface area contributed by atoms with Crippen LogP contribution in [0.15, 0.2) is 4.21 Å². The van der Waals surface area contributed by atoms with E-state index in [9.17, 15) is 14.4 Å². The SMILES string of the molecule is CCCCCCCCCCCC(=O)c1c(C(=O)CC#N)c(SC)[s+](N)c1C(=O)CC#N. The van der Waals surface area contributed by atoms with Crippen molar-refractivity contribution in [2.75, 3.05) is 11.4 Å². The molecular weight excluding hydrogens is 430 g/mol. The van der Waals surface area contributed by atoms with E-state index in [0.717, 1.165) is 19.3 Å². The van der Waals surface area contributed by atoms with Gasteiger partial charge in [0.25, 0.3) is 4.88 Å². The Morgan fingerprint density at radius 2 is 1.35 bits per heavy atom. The summed E-state index contributed by atoms with van der Waals surface area (Å²) in [6.07, 6.45) is 11.2. The maximum absolute atomic E-state index is 13.1. The molecule has 0 aliphatic carbocycles. The molecular formula is C23H32N3O3S2+. The van der Waals surface area contributed by atoms with Gasteiger partial charge in [-0.15, -0.1) is 5.14 Å². The molecule has 6 nitrogen and oxygen atoms in total. The fourth-order valence-corrected chi connectivity index (χ4v) is 6.30. The van der Waals surface area contributed by atoms with Crippen molar-refractivity contribution in [3.63, 3.8) is 0 Å². The minimum absolute atomic E-state index is 0.0512. The lowest BCUT2D eigenvalue weighted by molar-refractivity contribution is 0.0943. The first kappa shape index (κ1) is 27.0. The first-order valence-electron chi connectivity index (χ1n) is 10.8. The van der Waals surface area contributed by atoms with Gasteiger partial charge < -0.3 is 0 Å². The third kappa shape index (κ3) is 7.88. The fraction of sp³-hybridized carbons (Fsp3) is 0.609. The van der Waals surface area contributed by atoms with Crippen LogP contribution in [-0.2, 0) is 0 Å². The summed E-state index contributed by atoms with van der Waals surface area (Å²) >= 11 is 1.21. The number of unbranched alkanes of at least 4 members (excludes halogenated alkanes) is 8. The van der Waals surface area contributed by atoms with Gasteiger partial charge in [0.1, 0.15) is 17.5 Å². The topological polar surface area (TPSA) is 125 Å². The standard InChI is InChI=1S/C23H32N3O3S2/c1-3-4-5-6-7-8-9-10-11-12-17(27)20-21(18(28)13-15-24)23(30-2)31(26)22(20)19(29)14-16-25/h3-14,26H2,1-2H3/q+1. The minimum atomic E-state index is -1.23. The van der Waals surface area contributed by atoms with Crippen molar-refractivity contribution in [2.45, 2.75) is 88.2 Å². The van der Waals surface area contributed by atoms with Crippen LogP contribution in [0.4, 0.5) is 0 Å². The van der Waals surface area contributed by atoms with Gasteiger partial charge in [0.2, 0.25) is 9.99 Å². The summed E-state index contributed by atoms with van der Waals surface area (Å²) in [7, 11) is -1.23. The van der Waals surface area contributed by atoms with Gasteiger partial charge in [0, 0.05) is 6.42 Å². The predicted octanol–water partition coefficient (Wildman–Crippen LogP) is 6.17. The average Bonchev–Trinajstić information content (AvgIpc) is 3.05. The van der Waals surface area contributed by atoms with Crippen LogP contribution in [0.1, 0.15) is 114 Å². The maximum Gasteiger partial charge on any atom is 0.251 e. The second-order valence-electron chi connectivity index (χ2n) is 7.43. The van der Waals surface area contributed by atoms with Crippen molar-refractivity contribution in [1.82, 2.24) is 0 Å². The van der Waals surface area contributed by atoms with Crippen LogP contribution < -0.4 is 5.14 Å². The van der Waals surface area contributed by atoms with E-state index in [0.29, 0.717) is 10.6 Å².